The largest absolute Gasteiger partial charge is 0.316 e. The molecule has 100 valence electrons. The molecule has 0 amide bonds. The maximum atomic E-state index is 3.68. The molecule has 1 heterocycles. The van der Waals surface area contributed by atoms with Crippen LogP contribution in [0.5, 0.6) is 0 Å². The molecule has 1 aromatic carbocycles. The molecule has 0 saturated carbocycles. The number of rotatable bonds is 5. The van der Waals surface area contributed by atoms with Gasteiger partial charge in [-0.1, -0.05) is 45.9 Å². The van der Waals surface area contributed by atoms with Crippen molar-refractivity contribution in [1.82, 2.24) is 5.32 Å². The number of nitrogens with one attached hydrogen (secondary N) is 1. The third-order valence-corrected chi connectivity index (χ3v) is 5.58. The van der Waals surface area contributed by atoms with Crippen molar-refractivity contribution < 1.29 is 0 Å². The van der Waals surface area contributed by atoms with Gasteiger partial charge in [-0.25, -0.2) is 0 Å². The molecule has 2 rings (SSSR count). The summed E-state index contributed by atoms with van der Waals surface area (Å²) >= 11 is 2.00. The molecule has 0 saturated heterocycles. The summed E-state index contributed by atoms with van der Waals surface area (Å²) in [5, 5.41) is 3.68. The summed E-state index contributed by atoms with van der Waals surface area (Å²) < 4.78 is 0. The van der Waals surface area contributed by atoms with Crippen molar-refractivity contribution in [2.45, 2.75) is 38.5 Å². The monoisotopic (exact) mass is 263 g/mol. The maximum Gasteiger partial charge on any atom is 0.0108 e. The molecule has 1 aliphatic rings. The molecule has 0 fully saturated rings. The van der Waals surface area contributed by atoms with Crippen molar-refractivity contribution >= 4 is 11.8 Å². The van der Waals surface area contributed by atoms with E-state index in [1.54, 1.807) is 0 Å². The highest BCUT2D eigenvalue weighted by molar-refractivity contribution is 7.99. The van der Waals surface area contributed by atoms with Gasteiger partial charge in [-0.15, -0.1) is 11.8 Å². The van der Waals surface area contributed by atoms with E-state index < -0.39 is 0 Å². The molecule has 0 bridgehead atoms. The molecule has 0 aromatic heterocycles. The van der Waals surface area contributed by atoms with Crippen molar-refractivity contribution in [2.24, 2.45) is 11.3 Å². The Balaban J connectivity index is 1.86. The Morgan fingerprint density at radius 3 is 2.78 bits per heavy atom. The Morgan fingerprint density at radius 1 is 1.33 bits per heavy atom. The fourth-order valence-electron chi connectivity index (χ4n) is 2.17. The summed E-state index contributed by atoms with van der Waals surface area (Å²) in [6.07, 6.45) is 0. The second-order valence-electron chi connectivity index (χ2n) is 6.32. The summed E-state index contributed by atoms with van der Waals surface area (Å²) in [6.45, 7) is 11.5. The van der Waals surface area contributed by atoms with Gasteiger partial charge in [0.25, 0.3) is 0 Å². The van der Waals surface area contributed by atoms with E-state index in [1.165, 1.54) is 16.2 Å². The minimum Gasteiger partial charge on any atom is -0.316 e. The minimum absolute atomic E-state index is 0.380. The number of benzene rings is 1. The third kappa shape index (κ3) is 3.10. The summed E-state index contributed by atoms with van der Waals surface area (Å²) in [5.41, 5.74) is 1.92. The number of hydrogen-bond acceptors (Lipinski definition) is 2. The maximum absolute atomic E-state index is 3.68. The van der Waals surface area contributed by atoms with Crippen LogP contribution >= 0.6 is 11.8 Å². The molecule has 1 aromatic rings. The summed E-state index contributed by atoms with van der Waals surface area (Å²) in [5.74, 6) is 2.64. The van der Waals surface area contributed by atoms with Crippen LogP contribution in [0.1, 0.15) is 39.2 Å². The van der Waals surface area contributed by atoms with Crippen molar-refractivity contribution in [2.75, 3.05) is 18.8 Å². The Bertz CT molecular complexity index is 398. The molecule has 1 atom stereocenters. The first kappa shape index (κ1) is 14.0. The molecule has 2 heteroatoms. The van der Waals surface area contributed by atoms with Gasteiger partial charge in [0.05, 0.1) is 0 Å². The van der Waals surface area contributed by atoms with Gasteiger partial charge < -0.3 is 5.32 Å². The molecule has 1 aliphatic heterocycles. The molecular formula is C16H25NS. The van der Waals surface area contributed by atoms with Crippen LogP contribution in [0, 0.1) is 11.3 Å². The van der Waals surface area contributed by atoms with E-state index in [9.17, 15) is 0 Å². The molecule has 18 heavy (non-hydrogen) atoms. The van der Waals surface area contributed by atoms with E-state index in [0.29, 0.717) is 11.3 Å². The number of thioether (sulfide) groups is 1. The summed E-state index contributed by atoms with van der Waals surface area (Å²) in [4.78, 5) is 1.48. The zero-order valence-electron chi connectivity index (χ0n) is 12.0. The molecule has 1 unspecified atom stereocenters. The standard InChI is InChI=1S/C16H25NS/c1-12(2)16(3,4)11-17-9-13-10-18-15-8-6-5-7-14(13)15/h5-8,12-13,17H,9-11H2,1-4H3. The average Bonchev–Trinajstić information content (AvgIpc) is 2.72. The SMILES string of the molecule is CC(C)C(C)(C)CNCC1CSc2ccccc21. The van der Waals surface area contributed by atoms with Crippen LogP contribution in [-0.4, -0.2) is 18.8 Å². The van der Waals surface area contributed by atoms with Gasteiger partial charge in [0.15, 0.2) is 0 Å². The first-order chi connectivity index (χ1) is 8.50. The predicted octanol–water partition coefficient (Wildman–Crippen LogP) is 4.15. The van der Waals surface area contributed by atoms with E-state index >= 15 is 0 Å². The molecule has 1 N–H and O–H groups in total. The highest BCUT2D eigenvalue weighted by Gasteiger charge is 2.25. The smallest absolute Gasteiger partial charge is 0.0108 e. The van der Waals surface area contributed by atoms with Crippen molar-refractivity contribution in [3.05, 3.63) is 29.8 Å². The van der Waals surface area contributed by atoms with Gasteiger partial charge in [-0.05, 0) is 23.0 Å². The first-order valence-electron chi connectivity index (χ1n) is 6.93. The van der Waals surface area contributed by atoms with Crippen LogP contribution in [0.2, 0.25) is 0 Å². The molecule has 0 radical (unpaired) electrons. The summed E-state index contributed by atoms with van der Waals surface area (Å²) in [7, 11) is 0. The Labute approximate surface area is 116 Å². The van der Waals surface area contributed by atoms with Crippen LogP contribution in [0.3, 0.4) is 0 Å². The first-order valence-corrected chi connectivity index (χ1v) is 7.91. The normalized spacial score (nSPS) is 19.3. The van der Waals surface area contributed by atoms with Gasteiger partial charge in [-0.2, -0.15) is 0 Å². The lowest BCUT2D eigenvalue weighted by Gasteiger charge is -2.30. The van der Waals surface area contributed by atoms with E-state index in [0.717, 1.165) is 19.0 Å². The molecule has 1 nitrogen and oxygen atoms in total. The minimum atomic E-state index is 0.380. The molecule has 0 spiro atoms. The van der Waals surface area contributed by atoms with Gasteiger partial charge >= 0.3 is 0 Å². The van der Waals surface area contributed by atoms with E-state index in [1.807, 2.05) is 11.8 Å². The predicted molar refractivity (Wildman–Crippen MR) is 81.4 cm³/mol. The Morgan fingerprint density at radius 2 is 2.06 bits per heavy atom. The Kier molecular flexibility index (Phi) is 4.39. The molecule has 0 aliphatic carbocycles. The lowest BCUT2D eigenvalue weighted by Crippen LogP contribution is -2.35. The quantitative estimate of drug-likeness (QED) is 0.856. The topological polar surface area (TPSA) is 12.0 Å². The van der Waals surface area contributed by atoms with Crippen LogP contribution in [0.25, 0.3) is 0 Å². The van der Waals surface area contributed by atoms with Crippen molar-refractivity contribution in [3.8, 4) is 0 Å². The van der Waals surface area contributed by atoms with Crippen molar-refractivity contribution in [1.29, 1.82) is 0 Å². The van der Waals surface area contributed by atoms with E-state index in [2.05, 4.69) is 57.3 Å². The highest BCUT2D eigenvalue weighted by Crippen LogP contribution is 2.38. The van der Waals surface area contributed by atoms with Gasteiger partial charge in [-0.3, -0.25) is 0 Å². The van der Waals surface area contributed by atoms with E-state index in [4.69, 9.17) is 0 Å². The number of fused-ring (bicyclic) bond motifs is 1. The Hall–Kier alpha value is -0.470. The zero-order valence-corrected chi connectivity index (χ0v) is 12.8. The fraction of sp³-hybridized carbons (Fsp3) is 0.625. The second kappa shape index (κ2) is 5.66. The van der Waals surface area contributed by atoms with Gasteiger partial charge in [0.1, 0.15) is 0 Å². The van der Waals surface area contributed by atoms with Gasteiger partial charge in [0, 0.05) is 29.7 Å². The van der Waals surface area contributed by atoms with Crippen LogP contribution in [-0.2, 0) is 0 Å². The highest BCUT2D eigenvalue weighted by atomic mass is 32.2. The lowest BCUT2D eigenvalue weighted by atomic mass is 9.81. The van der Waals surface area contributed by atoms with E-state index in [-0.39, 0.29) is 0 Å². The summed E-state index contributed by atoms with van der Waals surface area (Å²) in [6, 6.07) is 8.84. The average molecular weight is 263 g/mol. The van der Waals surface area contributed by atoms with Crippen LogP contribution in [0.4, 0.5) is 0 Å². The lowest BCUT2D eigenvalue weighted by molar-refractivity contribution is 0.237. The molecular weight excluding hydrogens is 238 g/mol. The van der Waals surface area contributed by atoms with Crippen LogP contribution in [0.15, 0.2) is 29.2 Å². The second-order valence-corrected chi connectivity index (χ2v) is 7.38. The van der Waals surface area contributed by atoms with Crippen LogP contribution < -0.4 is 5.32 Å². The third-order valence-electron chi connectivity index (χ3n) is 4.33. The van der Waals surface area contributed by atoms with Gasteiger partial charge in [0.2, 0.25) is 0 Å². The van der Waals surface area contributed by atoms with Crippen molar-refractivity contribution in [3.63, 3.8) is 0 Å². The fourth-order valence-corrected chi connectivity index (χ4v) is 3.43. The zero-order chi connectivity index (χ0) is 13.2. The number of hydrogen-bond donors (Lipinski definition) is 1.